The van der Waals surface area contributed by atoms with E-state index in [1.54, 1.807) is 14.0 Å². The summed E-state index contributed by atoms with van der Waals surface area (Å²) in [5.41, 5.74) is 8.69. The molecule has 0 unspecified atom stereocenters. The second kappa shape index (κ2) is 5.06. The zero-order valence-electron chi connectivity index (χ0n) is 11.8. The van der Waals surface area contributed by atoms with Crippen LogP contribution in [0.25, 0.3) is 0 Å². The van der Waals surface area contributed by atoms with Crippen molar-refractivity contribution in [2.24, 2.45) is 0 Å². The fourth-order valence-corrected chi connectivity index (χ4v) is 4.67. The number of hydrogen-bond acceptors (Lipinski definition) is 5. The Labute approximate surface area is 123 Å². The van der Waals surface area contributed by atoms with Crippen molar-refractivity contribution in [1.82, 2.24) is 4.98 Å². The molecule has 2 aromatic rings. The molecule has 0 radical (unpaired) electrons. The van der Waals surface area contributed by atoms with Gasteiger partial charge in [0.15, 0.2) is 9.34 Å². The second-order valence-corrected chi connectivity index (χ2v) is 7.94. The van der Waals surface area contributed by atoms with Gasteiger partial charge in [0.2, 0.25) is 0 Å². The molecular weight excluding hydrogens is 294 g/mol. The predicted molar refractivity (Wildman–Crippen MR) is 82.8 cm³/mol. The summed E-state index contributed by atoms with van der Waals surface area (Å²) in [7, 11) is -2.09. The summed E-state index contributed by atoms with van der Waals surface area (Å²) in [5, 5.41) is 0.259. The smallest absolute Gasteiger partial charge is 0.275 e. The third-order valence-corrected chi connectivity index (χ3v) is 6.29. The Morgan fingerprint density at radius 3 is 2.15 bits per heavy atom. The van der Waals surface area contributed by atoms with Crippen molar-refractivity contribution >= 4 is 32.2 Å². The van der Waals surface area contributed by atoms with Gasteiger partial charge in [-0.1, -0.05) is 17.4 Å². The molecule has 0 aliphatic heterocycles. The normalized spacial score (nSPS) is 11.6. The van der Waals surface area contributed by atoms with E-state index in [2.05, 4.69) is 4.98 Å². The SMILES string of the molecule is Cc1cc(C)cc(N(C)S(=O)(=O)c2sc(N)nc2C)c1. The lowest BCUT2D eigenvalue weighted by Gasteiger charge is -2.19. The highest BCUT2D eigenvalue weighted by Gasteiger charge is 2.26. The molecule has 20 heavy (non-hydrogen) atoms. The molecule has 0 saturated heterocycles. The van der Waals surface area contributed by atoms with Crippen LogP contribution in [0.15, 0.2) is 22.4 Å². The van der Waals surface area contributed by atoms with Crippen molar-refractivity contribution in [2.45, 2.75) is 25.0 Å². The highest BCUT2D eigenvalue weighted by atomic mass is 32.2. The van der Waals surface area contributed by atoms with Crippen molar-refractivity contribution in [3.8, 4) is 0 Å². The summed E-state index contributed by atoms with van der Waals surface area (Å²) >= 11 is 0.990. The molecule has 0 atom stereocenters. The first-order valence-corrected chi connectivity index (χ1v) is 8.27. The quantitative estimate of drug-likeness (QED) is 0.944. The van der Waals surface area contributed by atoms with Crippen LogP contribution in [0.3, 0.4) is 0 Å². The Balaban J connectivity index is 2.51. The van der Waals surface area contributed by atoms with Gasteiger partial charge in [-0.3, -0.25) is 4.31 Å². The van der Waals surface area contributed by atoms with E-state index in [4.69, 9.17) is 5.73 Å². The minimum absolute atomic E-state index is 0.191. The number of anilines is 2. The van der Waals surface area contributed by atoms with Crippen molar-refractivity contribution < 1.29 is 8.42 Å². The van der Waals surface area contributed by atoms with Gasteiger partial charge in [0.25, 0.3) is 10.0 Å². The molecule has 0 aliphatic rings. The van der Waals surface area contributed by atoms with E-state index >= 15 is 0 Å². The largest absolute Gasteiger partial charge is 0.375 e. The lowest BCUT2D eigenvalue weighted by atomic mass is 10.1. The molecule has 0 spiro atoms. The molecule has 0 saturated carbocycles. The molecule has 7 heteroatoms. The number of sulfonamides is 1. The van der Waals surface area contributed by atoms with E-state index in [1.165, 1.54) is 4.31 Å². The van der Waals surface area contributed by atoms with Crippen molar-refractivity contribution in [3.63, 3.8) is 0 Å². The summed E-state index contributed by atoms with van der Waals surface area (Å²) in [4.78, 5) is 3.98. The maximum Gasteiger partial charge on any atom is 0.275 e. The highest BCUT2D eigenvalue weighted by Crippen LogP contribution is 2.30. The van der Waals surface area contributed by atoms with Gasteiger partial charge in [-0.05, 0) is 44.0 Å². The average Bonchev–Trinajstić information content (AvgIpc) is 2.67. The lowest BCUT2D eigenvalue weighted by molar-refractivity contribution is 0.595. The van der Waals surface area contributed by atoms with Crippen LogP contribution in [-0.4, -0.2) is 20.4 Å². The van der Waals surface area contributed by atoms with E-state index < -0.39 is 10.0 Å². The Bertz CT molecular complexity index is 731. The molecule has 2 N–H and O–H groups in total. The van der Waals surface area contributed by atoms with Crippen LogP contribution >= 0.6 is 11.3 Å². The maximum atomic E-state index is 12.6. The first-order chi connectivity index (χ1) is 9.21. The third kappa shape index (κ3) is 2.64. The van der Waals surface area contributed by atoms with Crippen LogP contribution in [0.2, 0.25) is 0 Å². The fraction of sp³-hybridized carbons (Fsp3) is 0.308. The zero-order valence-corrected chi connectivity index (χ0v) is 13.5. The summed E-state index contributed by atoms with van der Waals surface area (Å²) in [6.07, 6.45) is 0. The zero-order chi connectivity index (χ0) is 15.1. The summed E-state index contributed by atoms with van der Waals surface area (Å²) in [6.45, 7) is 5.52. The first-order valence-electron chi connectivity index (χ1n) is 6.02. The minimum Gasteiger partial charge on any atom is -0.375 e. The van der Waals surface area contributed by atoms with Crippen LogP contribution in [0.5, 0.6) is 0 Å². The van der Waals surface area contributed by atoms with Crippen LogP contribution in [0.4, 0.5) is 10.8 Å². The fourth-order valence-electron chi connectivity index (χ4n) is 2.04. The van der Waals surface area contributed by atoms with E-state index in [9.17, 15) is 8.42 Å². The van der Waals surface area contributed by atoms with E-state index in [0.29, 0.717) is 11.4 Å². The molecule has 0 amide bonds. The van der Waals surface area contributed by atoms with Gasteiger partial charge in [0.1, 0.15) is 0 Å². The van der Waals surface area contributed by atoms with Gasteiger partial charge >= 0.3 is 0 Å². The van der Waals surface area contributed by atoms with E-state index in [1.807, 2.05) is 32.0 Å². The van der Waals surface area contributed by atoms with Gasteiger partial charge in [-0.2, -0.15) is 0 Å². The molecule has 1 aromatic heterocycles. The lowest BCUT2D eigenvalue weighted by Crippen LogP contribution is -2.26. The van der Waals surface area contributed by atoms with Crippen LogP contribution in [-0.2, 0) is 10.0 Å². The Morgan fingerprint density at radius 2 is 1.70 bits per heavy atom. The van der Waals surface area contributed by atoms with Gasteiger partial charge in [0, 0.05) is 7.05 Å². The number of aryl methyl sites for hydroxylation is 3. The monoisotopic (exact) mass is 311 g/mol. The summed E-state index contributed by atoms with van der Waals surface area (Å²) < 4.78 is 26.7. The van der Waals surface area contributed by atoms with Crippen LogP contribution < -0.4 is 10.0 Å². The number of hydrogen-bond donors (Lipinski definition) is 1. The number of nitrogens with zero attached hydrogens (tertiary/aromatic N) is 2. The summed E-state index contributed by atoms with van der Waals surface area (Å²) in [5.74, 6) is 0. The molecule has 1 heterocycles. The number of benzene rings is 1. The Hall–Kier alpha value is -1.60. The molecule has 1 aromatic carbocycles. The topological polar surface area (TPSA) is 76.3 Å². The number of nitrogens with two attached hydrogens (primary N) is 1. The van der Waals surface area contributed by atoms with Gasteiger partial charge in [0.05, 0.1) is 11.4 Å². The molecule has 108 valence electrons. The number of aromatic nitrogens is 1. The van der Waals surface area contributed by atoms with Gasteiger partial charge in [-0.25, -0.2) is 13.4 Å². The molecule has 0 bridgehead atoms. The van der Waals surface area contributed by atoms with Gasteiger partial charge < -0.3 is 5.73 Å². The minimum atomic E-state index is -3.63. The van der Waals surface area contributed by atoms with Crippen molar-refractivity contribution in [1.29, 1.82) is 0 Å². The molecule has 2 rings (SSSR count). The van der Waals surface area contributed by atoms with Crippen LogP contribution in [0, 0.1) is 20.8 Å². The van der Waals surface area contributed by atoms with Crippen LogP contribution in [0.1, 0.15) is 16.8 Å². The van der Waals surface area contributed by atoms with Crippen molar-refractivity contribution in [3.05, 3.63) is 35.0 Å². The molecule has 5 nitrogen and oxygen atoms in total. The first kappa shape index (κ1) is 14.8. The number of nitrogen functional groups attached to an aromatic ring is 1. The third-order valence-electron chi connectivity index (χ3n) is 2.94. The Morgan fingerprint density at radius 1 is 1.15 bits per heavy atom. The molecular formula is C13H17N3O2S2. The number of rotatable bonds is 3. The van der Waals surface area contributed by atoms with Gasteiger partial charge in [-0.15, -0.1) is 0 Å². The predicted octanol–water partition coefficient (Wildman–Crippen LogP) is 2.48. The number of thiazole rings is 1. The van der Waals surface area contributed by atoms with Crippen molar-refractivity contribution in [2.75, 3.05) is 17.1 Å². The Kier molecular flexibility index (Phi) is 3.75. The maximum absolute atomic E-state index is 12.6. The standard InChI is InChI=1S/C13H17N3O2S2/c1-8-5-9(2)7-11(6-8)16(4)20(17,18)12-10(3)15-13(14)19-12/h5-7H,1-4H3,(H2,14,15). The molecule has 0 fully saturated rings. The highest BCUT2D eigenvalue weighted by molar-refractivity contribution is 7.94. The van der Waals surface area contributed by atoms with E-state index in [-0.39, 0.29) is 9.34 Å². The second-order valence-electron chi connectivity index (χ2n) is 4.74. The summed E-state index contributed by atoms with van der Waals surface area (Å²) in [6, 6.07) is 5.68. The molecule has 0 aliphatic carbocycles. The van der Waals surface area contributed by atoms with E-state index in [0.717, 1.165) is 22.5 Å². The average molecular weight is 311 g/mol.